The first kappa shape index (κ1) is 27.0. The predicted molar refractivity (Wildman–Crippen MR) is 157 cm³/mol. The Hall–Kier alpha value is -4.22. The summed E-state index contributed by atoms with van der Waals surface area (Å²) in [5.41, 5.74) is 3.77. The third-order valence-electron chi connectivity index (χ3n) is 7.58. The van der Waals surface area contributed by atoms with E-state index in [9.17, 15) is 0 Å². The van der Waals surface area contributed by atoms with E-state index in [1.54, 1.807) is 30.3 Å². The summed E-state index contributed by atoms with van der Waals surface area (Å²) >= 11 is 0. The van der Waals surface area contributed by atoms with Gasteiger partial charge in [0.15, 0.2) is 5.82 Å². The number of likely N-dealkylation sites (N-methyl/N-ethyl adjacent to an activating group) is 1. The monoisotopic (exact) mass is 556 g/mol. The number of fused-ring (bicyclic) bond motifs is 6. The zero-order valence-electron chi connectivity index (χ0n) is 24.0. The van der Waals surface area contributed by atoms with Crippen LogP contribution in [0.2, 0.25) is 0 Å². The molecule has 6 rings (SSSR count). The molecule has 41 heavy (non-hydrogen) atoms. The summed E-state index contributed by atoms with van der Waals surface area (Å²) in [5, 5.41) is 7.66. The van der Waals surface area contributed by atoms with Gasteiger partial charge in [-0.2, -0.15) is 5.10 Å². The maximum atomic E-state index is 6.51. The Morgan fingerprint density at radius 2 is 1.85 bits per heavy atom. The highest BCUT2D eigenvalue weighted by molar-refractivity contribution is 5.74. The fraction of sp³-hybridized carbons (Fsp3) is 0.400. The Kier molecular flexibility index (Phi) is 7.71. The Bertz CT molecular complexity index is 1520. The molecular formula is C30H36N8O3. The van der Waals surface area contributed by atoms with Crippen molar-refractivity contribution in [2.24, 2.45) is 7.05 Å². The van der Waals surface area contributed by atoms with Crippen molar-refractivity contribution in [2.45, 2.75) is 26.0 Å². The number of anilines is 2. The first-order valence-corrected chi connectivity index (χ1v) is 14.0. The molecule has 11 heteroatoms. The normalized spacial score (nSPS) is 17.9. The van der Waals surface area contributed by atoms with Crippen LogP contribution in [-0.2, 0) is 13.6 Å². The number of aryl methyl sites for hydroxylation is 1. The third kappa shape index (κ3) is 5.96. The van der Waals surface area contributed by atoms with E-state index in [1.165, 1.54) is 5.56 Å². The van der Waals surface area contributed by atoms with Gasteiger partial charge in [-0.1, -0.05) is 12.1 Å². The lowest BCUT2D eigenvalue weighted by atomic mass is 10.0. The lowest BCUT2D eigenvalue weighted by Crippen LogP contribution is -2.43. The molecule has 0 radical (unpaired) electrons. The number of aromatic nitrogens is 5. The summed E-state index contributed by atoms with van der Waals surface area (Å²) in [7, 11) is 5.74. The number of hydrogen-bond acceptors (Lipinski definition) is 10. The molecule has 5 heterocycles. The summed E-state index contributed by atoms with van der Waals surface area (Å²) in [6, 6.07) is 10.1. The number of pyridine rings is 1. The smallest absolute Gasteiger partial charge is 0.222 e. The summed E-state index contributed by atoms with van der Waals surface area (Å²) in [6.45, 7) is 7.62. The van der Waals surface area contributed by atoms with Gasteiger partial charge in [-0.25, -0.2) is 19.6 Å². The van der Waals surface area contributed by atoms with Crippen LogP contribution in [-0.4, -0.2) is 87.6 Å². The SMILES string of the molecule is COc1cc(-c2cnc3cc2O[C@@H](C)CCOc2c(cnn2C)-c2nccc(n2)N3)ccc1CN1CCN(C)CC1. The van der Waals surface area contributed by atoms with E-state index < -0.39 is 0 Å². The second-order valence-electron chi connectivity index (χ2n) is 10.6. The molecule has 1 atom stereocenters. The highest BCUT2D eigenvalue weighted by Gasteiger charge is 2.20. The number of methoxy groups -OCH3 is 1. The van der Waals surface area contributed by atoms with Crippen LogP contribution in [0.1, 0.15) is 18.9 Å². The minimum absolute atomic E-state index is 0.115. The fourth-order valence-corrected chi connectivity index (χ4v) is 5.15. The van der Waals surface area contributed by atoms with E-state index in [2.05, 4.69) is 55.4 Å². The summed E-state index contributed by atoms with van der Waals surface area (Å²) < 4.78 is 20.2. The highest BCUT2D eigenvalue weighted by atomic mass is 16.5. The molecule has 0 amide bonds. The molecule has 11 nitrogen and oxygen atoms in total. The van der Waals surface area contributed by atoms with Gasteiger partial charge in [0.1, 0.15) is 28.7 Å². The van der Waals surface area contributed by atoms with Crippen molar-refractivity contribution in [1.29, 1.82) is 0 Å². The van der Waals surface area contributed by atoms with Crippen molar-refractivity contribution < 1.29 is 14.2 Å². The van der Waals surface area contributed by atoms with E-state index in [0.29, 0.717) is 36.4 Å². The van der Waals surface area contributed by atoms with Crippen LogP contribution in [0.4, 0.5) is 11.6 Å². The minimum Gasteiger partial charge on any atom is -0.496 e. The van der Waals surface area contributed by atoms with Gasteiger partial charge in [0.05, 0.1) is 26.0 Å². The molecule has 0 aliphatic carbocycles. The average Bonchev–Trinajstić information content (AvgIpc) is 3.34. The first-order valence-electron chi connectivity index (χ1n) is 14.0. The molecular weight excluding hydrogens is 520 g/mol. The lowest BCUT2D eigenvalue weighted by Gasteiger charge is -2.32. The van der Waals surface area contributed by atoms with Crippen LogP contribution < -0.4 is 19.5 Å². The zero-order valence-corrected chi connectivity index (χ0v) is 24.0. The van der Waals surface area contributed by atoms with Gasteiger partial charge in [-0.05, 0) is 31.7 Å². The summed E-state index contributed by atoms with van der Waals surface area (Å²) in [6.07, 6.45) is 5.82. The Labute approximate surface area is 240 Å². The Balaban J connectivity index is 1.31. The van der Waals surface area contributed by atoms with Crippen molar-refractivity contribution in [3.05, 3.63) is 54.5 Å². The van der Waals surface area contributed by atoms with E-state index in [1.807, 2.05) is 26.2 Å². The molecule has 1 aromatic carbocycles. The summed E-state index contributed by atoms with van der Waals surface area (Å²) in [4.78, 5) is 18.7. The first-order chi connectivity index (χ1) is 20.0. The standard InChI is InChI=1S/C30H36N8O3/c1-20-8-14-40-30-24(18-33-37(30)3)29-31-9-7-27(35-29)34-28-16-26(41-20)23(17-32-28)21-5-6-22(25(15-21)39-4)19-38-12-10-36(2)11-13-38/h5-7,9,15-18,20H,8,10-14,19H2,1-4H3,(H,31,32,34,35)/t20-/m0/s1. The molecule has 0 unspecified atom stereocenters. The second-order valence-corrected chi connectivity index (χ2v) is 10.6. The molecule has 4 bridgehead atoms. The maximum absolute atomic E-state index is 6.51. The van der Waals surface area contributed by atoms with Crippen molar-refractivity contribution in [1.82, 2.24) is 34.5 Å². The van der Waals surface area contributed by atoms with Crippen LogP contribution in [0.25, 0.3) is 22.5 Å². The number of nitrogens with one attached hydrogen (secondary N) is 1. The van der Waals surface area contributed by atoms with Crippen LogP contribution in [0.5, 0.6) is 17.4 Å². The van der Waals surface area contributed by atoms with E-state index in [-0.39, 0.29) is 6.10 Å². The largest absolute Gasteiger partial charge is 0.496 e. The molecule has 1 N–H and O–H groups in total. The predicted octanol–water partition coefficient (Wildman–Crippen LogP) is 3.99. The van der Waals surface area contributed by atoms with Gasteiger partial charge < -0.3 is 24.4 Å². The zero-order chi connectivity index (χ0) is 28.3. The van der Waals surface area contributed by atoms with E-state index in [0.717, 1.165) is 60.9 Å². The van der Waals surface area contributed by atoms with Crippen LogP contribution in [0, 0.1) is 0 Å². The molecule has 0 spiro atoms. The highest BCUT2D eigenvalue weighted by Crippen LogP contribution is 2.36. The molecule has 3 aromatic heterocycles. The molecule has 0 saturated carbocycles. The molecule has 2 aliphatic rings. The lowest BCUT2D eigenvalue weighted by molar-refractivity contribution is 0.147. The number of benzene rings is 1. The number of piperazine rings is 1. The fourth-order valence-electron chi connectivity index (χ4n) is 5.15. The second kappa shape index (κ2) is 11.7. The van der Waals surface area contributed by atoms with Crippen LogP contribution >= 0.6 is 0 Å². The Morgan fingerprint density at radius 3 is 2.68 bits per heavy atom. The van der Waals surface area contributed by atoms with Crippen molar-refractivity contribution in [3.8, 4) is 39.9 Å². The molecule has 4 aromatic rings. The number of ether oxygens (including phenoxy) is 3. The molecule has 214 valence electrons. The van der Waals surface area contributed by atoms with Crippen LogP contribution in [0.3, 0.4) is 0 Å². The minimum atomic E-state index is -0.115. The Morgan fingerprint density at radius 1 is 1.00 bits per heavy atom. The van der Waals surface area contributed by atoms with Crippen molar-refractivity contribution in [2.75, 3.05) is 52.3 Å². The van der Waals surface area contributed by atoms with Gasteiger partial charge in [-0.3, -0.25) is 4.90 Å². The van der Waals surface area contributed by atoms with E-state index in [4.69, 9.17) is 19.2 Å². The average molecular weight is 557 g/mol. The third-order valence-corrected chi connectivity index (χ3v) is 7.58. The van der Waals surface area contributed by atoms with Gasteiger partial charge in [-0.15, -0.1) is 0 Å². The number of hydrogen-bond donors (Lipinski definition) is 1. The van der Waals surface area contributed by atoms with Crippen LogP contribution in [0.15, 0.2) is 48.9 Å². The number of nitrogens with zero attached hydrogens (tertiary/aromatic N) is 7. The molecule has 1 saturated heterocycles. The van der Waals surface area contributed by atoms with E-state index >= 15 is 0 Å². The van der Waals surface area contributed by atoms with Crippen molar-refractivity contribution in [3.63, 3.8) is 0 Å². The van der Waals surface area contributed by atoms with Crippen molar-refractivity contribution >= 4 is 11.6 Å². The maximum Gasteiger partial charge on any atom is 0.222 e. The van der Waals surface area contributed by atoms with Gasteiger partial charge >= 0.3 is 0 Å². The van der Waals surface area contributed by atoms with Gasteiger partial charge in [0.25, 0.3) is 0 Å². The summed E-state index contributed by atoms with van der Waals surface area (Å²) in [5.74, 6) is 3.96. The van der Waals surface area contributed by atoms with Gasteiger partial charge in [0.2, 0.25) is 5.88 Å². The number of rotatable bonds is 4. The quantitative estimate of drug-likeness (QED) is 0.397. The topological polar surface area (TPSA) is 103 Å². The molecule has 1 fully saturated rings. The molecule has 2 aliphatic heterocycles. The van der Waals surface area contributed by atoms with Gasteiger partial charge in [0, 0.05) is 75.8 Å².